The van der Waals surface area contributed by atoms with Crippen molar-refractivity contribution in [2.24, 2.45) is 0 Å². The van der Waals surface area contributed by atoms with Gasteiger partial charge in [-0.1, -0.05) is 12.1 Å². The van der Waals surface area contributed by atoms with Gasteiger partial charge in [-0.2, -0.15) is 0 Å². The summed E-state index contributed by atoms with van der Waals surface area (Å²) in [7, 11) is 0. The number of hydrogen-bond acceptors (Lipinski definition) is 3. The zero-order chi connectivity index (χ0) is 10.8. The molecular weight excluding hydrogens is 188 g/mol. The average molecular weight is 202 g/mol. The second-order valence-electron chi connectivity index (χ2n) is 3.73. The number of fused-ring (bicyclic) bond motifs is 1. The smallest absolute Gasteiger partial charge is 0.153 e. The van der Waals surface area contributed by atoms with Crippen LogP contribution in [0, 0.1) is 0 Å². The van der Waals surface area contributed by atoms with Gasteiger partial charge < -0.3 is 10.5 Å². The molecule has 0 unspecified atom stereocenters. The van der Waals surface area contributed by atoms with Crippen molar-refractivity contribution in [2.75, 3.05) is 5.73 Å². The van der Waals surface area contributed by atoms with E-state index in [2.05, 4.69) is 4.98 Å². The quantitative estimate of drug-likeness (QED) is 0.814. The predicted octanol–water partition coefficient (Wildman–Crippen LogP) is 2.60. The van der Waals surface area contributed by atoms with E-state index in [0.29, 0.717) is 5.69 Å². The summed E-state index contributed by atoms with van der Waals surface area (Å²) in [5.74, 6) is 0.732. The minimum absolute atomic E-state index is 0.109. The van der Waals surface area contributed by atoms with Crippen LogP contribution in [0.5, 0.6) is 5.75 Å². The highest BCUT2D eigenvalue weighted by Gasteiger charge is 2.08. The van der Waals surface area contributed by atoms with Crippen LogP contribution >= 0.6 is 0 Å². The van der Waals surface area contributed by atoms with Gasteiger partial charge in [-0.05, 0) is 26.0 Å². The molecule has 0 saturated heterocycles. The number of rotatable bonds is 2. The first kappa shape index (κ1) is 9.77. The molecule has 78 valence electrons. The van der Waals surface area contributed by atoms with Gasteiger partial charge in [-0.25, -0.2) is 0 Å². The van der Waals surface area contributed by atoms with Crippen LogP contribution in [0.1, 0.15) is 13.8 Å². The van der Waals surface area contributed by atoms with E-state index in [9.17, 15) is 0 Å². The lowest BCUT2D eigenvalue weighted by Gasteiger charge is -2.13. The molecule has 0 atom stereocenters. The number of anilines is 1. The van der Waals surface area contributed by atoms with Crippen LogP contribution in [0.4, 0.5) is 5.69 Å². The van der Waals surface area contributed by atoms with Crippen molar-refractivity contribution in [2.45, 2.75) is 20.0 Å². The molecule has 0 saturated carbocycles. The molecule has 0 aliphatic heterocycles. The average Bonchev–Trinajstić information content (AvgIpc) is 2.22. The first-order chi connectivity index (χ1) is 7.18. The van der Waals surface area contributed by atoms with E-state index in [-0.39, 0.29) is 6.10 Å². The van der Waals surface area contributed by atoms with E-state index in [1.165, 1.54) is 0 Å². The van der Waals surface area contributed by atoms with E-state index >= 15 is 0 Å². The van der Waals surface area contributed by atoms with Gasteiger partial charge >= 0.3 is 0 Å². The Kier molecular flexibility index (Phi) is 2.46. The second-order valence-corrected chi connectivity index (χ2v) is 3.73. The molecule has 1 aromatic carbocycles. The Bertz CT molecular complexity index is 480. The van der Waals surface area contributed by atoms with Crippen molar-refractivity contribution in [3.63, 3.8) is 0 Å². The van der Waals surface area contributed by atoms with Gasteiger partial charge in [-0.15, -0.1) is 0 Å². The number of para-hydroxylation sites is 1. The monoisotopic (exact) mass is 202 g/mol. The number of ether oxygens (including phenoxy) is 1. The standard InChI is InChI=1S/C12H14N2O/c1-8(2)15-12-9-5-3-4-6-11(9)14-7-10(12)13/h3-8H,13H2,1-2H3. The normalized spacial score (nSPS) is 10.9. The number of benzene rings is 1. The molecule has 3 heteroatoms. The maximum atomic E-state index is 5.85. The molecule has 0 radical (unpaired) electrons. The SMILES string of the molecule is CC(C)Oc1c(N)cnc2ccccc12. The Labute approximate surface area is 88.9 Å². The van der Waals surface area contributed by atoms with Gasteiger partial charge in [0.2, 0.25) is 0 Å². The summed E-state index contributed by atoms with van der Waals surface area (Å²) in [6, 6.07) is 7.82. The minimum Gasteiger partial charge on any atom is -0.488 e. The minimum atomic E-state index is 0.109. The van der Waals surface area contributed by atoms with E-state index < -0.39 is 0 Å². The highest BCUT2D eigenvalue weighted by molar-refractivity contribution is 5.89. The molecule has 2 N–H and O–H groups in total. The van der Waals surface area contributed by atoms with Crippen molar-refractivity contribution in [3.8, 4) is 5.75 Å². The van der Waals surface area contributed by atoms with E-state index in [4.69, 9.17) is 10.5 Å². The van der Waals surface area contributed by atoms with Crippen molar-refractivity contribution >= 4 is 16.6 Å². The van der Waals surface area contributed by atoms with Crippen molar-refractivity contribution in [1.29, 1.82) is 0 Å². The Morgan fingerprint density at radius 2 is 2.00 bits per heavy atom. The third kappa shape index (κ3) is 1.86. The Hall–Kier alpha value is -1.77. The summed E-state index contributed by atoms with van der Waals surface area (Å²) in [6.45, 7) is 3.96. The van der Waals surface area contributed by atoms with E-state index in [1.807, 2.05) is 38.1 Å². The summed E-state index contributed by atoms with van der Waals surface area (Å²) in [5, 5.41) is 0.964. The fourth-order valence-corrected chi connectivity index (χ4v) is 1.50. The van der Waals surface area contributed by atoms with Gasteiger partial charge in [0.25, 0.3) is 0 Å². The first-order valence-corrected chi connectivity index (χ1v) is 4.98. The van der Waals surface area contributed by atoms with Crippen LogP contribution < -0.4 is 10.5 Å². The van der Waals surface area contributed by atoms with Crippen molar-refractivity contribution in [3.05, 3.63) is 30.5 Å². The summed E-state index contributed by atoms with van der Waals surface area (Å²) in [6.07, 6.45) is 1.75. The summed E-state index contributed by atoms with van der Waals surface area (Å²) < 4.78 is 5.69. The van der Waals surface area contributed by atoms with Crippen LogP contribution in [0.15, 0.2) is 30.5 Å². The zero-order valence-electron chi connectivity index (χ0n) is 8.90. The maximum Gasteiger partial charge on any atom is 0.153 e. The molecule has 15 heavy (non-hydrogen) atoms. The lowest BCUT2D eigenvalue weighted by atomic mass is 10.2. The van der Waals surface area contributed by atoms with Crippen LogP contribution in [0.2, 0.25) is 0 Å². The molecule has 2 rings (SSSR count). The highest BCUT2D eigenvalue weighted by Crippen LogP contribution is 2.30. The molecule has 0 aliphatic rings. The van der Waals surface area contributed by atoms with Crippen molar-refractivity contribution < 1.29 is 4.74 Å². The molecule has 0 amide bonds. The second kappa shape index (κ2) is 3.77. The summed E-state index contributed by atoms with van der Waals surface area (Å²) in [4.78, 5) is 4.24. The Morgan fingerprint density at radius 1 is 1.27 bits per heavy atom. The third-order valence-electron chi connectivity index (χ3n) is 2.11. The van der Waals surface area contributed by atoms with Crippen LogP contribution in [-0.2, 0) is 0 Å². The van der Waals surface area contributed by atoms with E-state index in [0.717, 1.165) is 16.7 Å². The number of nitrogens with zero attached hydrogens (tertiary/aromatic N) is 1. The van der Waals surface area contributed by atoms with Crippen molar-refractivity contribution in [1.82, 2.24) is 4.98 Å². The molecule has 0 fully saturated rings. The Balaban J connectivity index is 2.63. The molecule has 2 aromatic rings. The topological polar surface area (TPSA) is 48.1 Å². The number of aromatic nitrogens is 1. The van der Waals surface area contributed by atoms with Gasteiger partial charge in [0.05, 0.1) is 23.5 Å². The fraction of sp³-hybridized carbons (Fsp3) is 0.250. The number of hydrogen-bond donors (Lipinski definition) is 1. The molecule has 0 bridgehead atoms. The Morgan fingerprint density at radius 3 is 2.73 bits per heavy atom. The number of nitrogens with two attached hydrogens (primary N) is 1. The number of nitrogen functional groups attached to an aromatic ring is 1. The van der Waals surface area contributed by atoms with Gasteiger partial charge in [0.15, 0.2) is 5.75 Å². The van der Waals surface area contributed by atoms with Gasteiger partial charge in [0, 0.05) is 5.39 Å². The van der Waals surface area contributed by atoms with Crippen LogP contribution in [0.25, 0.3) is 10.9 Å². The third-order valence-corrected chi connectivity index (χ3v) is 2.11. The number of pyridine rings is 1. The first-order valence-electron chi connectivity index (χ1n) is 4.98. The molecule has 0 spiro atoms. The van der Waals surface area contributed by atoms with Gasteiger partial charge in [-0.3, -0.25) is 4.98 Å². The highest BCUT2D eigenvalue weighted by atomic mass is 16.5. The molecule has 1 aromatic heterocycles. The molecular formula is C12H14N2O. The summed E-state index contributed by atoms with van der Waals surface area (Å²) in [5.41, 5.74) is 7.34. The predicted molar refractivity (Wildman–Crippen MR) is 61.9 cm³/mol. The van der Waals surface area contributed by atoms with Crippen LogP contribution in [-0.4, -0.2) is 11.1 Å². The van der Waals surface area contributed by atoms with Crippen LogP contribution in [0.3, 0.4) is 0 Å². The molecule has 1 heterocycles. The largest absolute Gasteiger partial charge is 0.488 e. The zero-order valence-corrected chi connectivity index (χ0v) is 8.90. The van der Waals surface area contributed by atoms with Gasteiger partial charge in [0.1, 0.15) is 0 Å². The van der Waals surface area contributed by atoms with E-state index in [1.54, 1.807) is 6.20 Å². The maximum absolute atomic E-state index is 5.85. The summed E-state index contributed by atoms with van der Waals surface area (Å²) >= 11 is 0. The lowest BCUT2D eigenvalue weighted by Crippen LogP contribution is -2.08. The lowest BCUT2D eigenvalue weighted by molar-refractivity contribution is 0.247. The fourth-order valence-electron chi connectivity index (χ4n) is 1.50. The molecule has 3 nitrogen and oxygen atoms in total. The molecule has 0 aliphatic carbocycles.